The summed E-state index contributed by atoms with van der Waals surface area (Å²) in [4.78, 5) is 2.22. The van der Waals surface area contributed by atoms with Crippen LogP contribution in [0.4, 0.5) is 0 Å². The van der Waals surface area contributed by atoms with Crippen LogP contribution in [0.15, 0.2) is 39.4 Å². The molecular formula is C16H21BrN2O2. The maximum absolute atomic E-state index is 6.01. The van der Waals surface area contributed by atoms with Gasteiger partial charge in [-0.05, 0) is 43.8 Å². The van der Waals surface area contributed by atoms with Crippen LogP contribution in [-0.2, 0) is 6.54 Å². The number of likely N-dealkylation sites (N-methyl/N-ethyl adjacent to an activating group) is 1. The first-order valence-corrected chi connectivity index (χ1v) is 7.62. The topological polar surface area (TPSA) is 51.6 Å². The lowest BCUT2D eigenvalue weighted by Crippen LogP contribution is -2.30. The van der Waals surface area contributed by atoms with Crippen LogP contribution in [0, 0.1) is 6.92 Å². The number of nitrogens with two attached hydrogens (primary N) is 1. The number of furan rings is 1. The maximum Gasteiger partial charge on any atom is 0.119 e. The number of methoxy groups -OCH3 is 1. The van der Waals surface area contributed by atoms with Crippen molar-refractivity contribution in [3.63, 3.8) is 0 Å². The molecule has 0 fully saturated rings. The van der Waals surface area contributed by atoms with Crippen molar-refractivity contribution in [3.05, 3.63) is 51.9 Å². The summed E-state index contributed by atoms with van der Waals surface area (Å²) in [6.07, 6.45) is 1.72. The molecule has 1 atom stereocenters. The second-order valence-corrected chi connectivity index (χ2v) is 5.91. The van der Waals surface area contributed by atoms with Gasteiger partial charge in [0.05, 0.1) is 13.4 Å². The van der Waals surface area contributed by atoms with E-state index in [9.17, 15) is 0 Å². The molecule has 2 N–H and O–H groups in total. The van der Waals surface area contributed by atoms with Gasteiger partial charge in [0, 0.05) is 29.2 Å². The Morgan fingerprint density at radius 3 is 2.71 bits per heavy atom. The van der Waals surface area contributed by atoms with E-state index in [0.717, 1.165) is 28.1 Å². The molecule has 0 bridgehead atoms. The van der Waals surface area contributed by atoms with E-state index in [2.05, 4.69) is 27.9 Å². The van der Waals surface area contributed by atoms with Gasteiger partial charge in [-0.25, -0.2) is 0 Å². The van der Waals surface area contributed by atoms with Crippen molar-refractivity contribution in [2.24, 2.45) is 5.73 Å². The Morgan fingerprint density at radius 2 is 2.14 bits per heavy atom. The van der Waals surface area contributed by atoms with Crippen molar-refractivity contribution in [2.45, 2.75) is 19.5 Å². The molecule has 0 aliphatic carbocycles. The fraction of sp³-hybridized carbons (Fsp3) is 0.375. The normalized spacial score (nSPS) is 12.7. The van der Waals surface area contributed by atoms with Gasteiger partial charge in [0.2, 0.25) is 0 Å². The number of nitrogens with zero attached hydrogens (tertiary/aromatic N) is 1. The fourth-order valence-corrected chi connectivity index (χ4v) is 2.91. The maximum atomic E-state index is 6.01. The average molecular weight is 353 g/mol. The van der Waals surface area contributed by atoms with Crippen molar-refractivity contribution in [1.82, 2.24) is 4.90 Å². The van der Waals surface area contributed by atoms with E-state index in [0.29, 0.717) is 6.54 Å². The summed E-state index contributed by atoms with van der Waals surface area (Å²) < 4.78 is 11.7. The van der Waals surface area contributed by atoms with Crippen LogP contribution in [-0.4, -0.2) is 25.6 Å². The summed E-state index contributed by atoms with van der Waals surface area (Å²) in [5.41, 5.74) is 8.31. The van der Waals surface area contributed by atoms with Crippen LogP contribution in [0.25, 0.3) is 0 Å². The molecule has 2 rings (SSSR count). The van der Waals surface area contributed by atoms with Crippen LogP contribution in [0.1, 0.15) is 22.9 Å². The highest BCUT2D eigenvalue weighted by molar-refractivity contribution is 9.10. The Hall–Kier alpha value is -1.30. The highest BCUT2D eigenvalue weighted by Gasteiger charge is 2.20. The third-order valence-corrected chi connectivity index (χ3v) is 4.43. The second-order valence-electron chi connectivity index (χ2n) is 5.06. The van der Waals surface area contributed by atoms with Crippen molar-refractivity contribution in [1.29, 1.82) is 0 Å². The second kappa shape index (κ2) is 7.11. The Labute approximate surface area is 134 Å². The first-order chi connectivity index (χ1) is 10.1. The highest BCUT2D eigenvalue weighted by atomic mass is 79.9. The van der Waals surface area contributed by atoms with Crippen molar-refractivity contribution >= 4 is 15.9 Å². The number of ether oxygens (including phenoxy) is 1. The zero-order valence-electron chi connectivity index (χ0n) is 12.6. The predicted molar refractivity (Wildman–Crippen MR) is 87.4 cm³/mol. The summed E-state index contributed by atoms with van der Waals surface area (Å²) in [5, 5.41) is 0. The molecule has 21 heavy (non-hydrogen) atoms. The Balaban J connectivity index is 2.24. The monoisotopic (exact) mass is 352 g/mol. The lowest BCUT2D eigenvalue weighted by molar-refractivity contribution is 0.239. The van der Waals surface area contributed by atoms with E-state index < -0.39 is 0 Å². The van der Waals surface area contributed by atoms with Crippen LogP contribution in [0.5, 0.6) is 5.75 Å². The minimum Gasteiger partial charge on any atom is -0.497 e. The minimum atomic E-state index is 0.101. The third-order valence-electron chi connectivity index (χ3n) is 3.70. The summed E-state index contributed by atoms with van der Waals surface area (Å²) in [7, 11) is 3.74. The molecule has 1 aromatic carbocycles. The van der Waals surface area contributed by atoms with E-state index in [1.165, 1.54) is 5.56 Å². The first-order valence-electron chi connectivity index (χ1n) is 6.83. The molecule has 0 amide bonds. The number of halogens is 1. The minimum absolute atomic E-state index is 0.101. The Morgan fingerprint density at radius 1 is 1.38 bits per heavy atom. The van der Waals surface area contributed by atoms with E-state index in [-0.39, 0.29) is 6.04 Å². The molecular weight excluding hydrogens is 332 g/mol. The van der Waals surface area contributed by atoms with Gasteiger partial charge in [0.1, 0.15) is 11.5 Å². The van der Waals surface area contributed by atoms with Crippen LogP contribution in [0.2, 0.25) is 0 Å². The highest BCUT2D eigenvalue weighted by Crippen LogP contribution is 2.31. The quantitative estimate of drug-likeness (QED) is 0.864. The van der Waals surface area contributed by atoms with E-state index in [1.54, 1.807) is 13.4 Å². The summed E-state index contributed by atoms with van der Waals surface area (Å²) in [5.74, 6) is 1.78. The number of hydrogen-bond acceptors (Lipinski definition) is 4. The molecule has 0 aliphatic heterocycles. The molecule has 1 unspecified atom stereocenters. The molecule has 1 heterocycles. The van der Waals surface area contributed by atoms with Gasteiger partial charge in [0.25, 0.3) is 0 Å². The van der Waals surface area contributed by atoms with Crippen LogP contribution in [0.3, 0.4) is 0 Å². The molecule has 0 spiro atoms. The molecule has 0 saturated carbocycles. The van der Waals surface area contributed by atoms with Gasteiger partial charge in [-0.1, -0.05) is 15.9 Å². The predicted octanol–water partition coefficient (Wildman–Crippen LogP) is 3.49. The van der Waals surface area contributed by atoms with E-state index in [1.807, 2.05) is 31.2 Å². The Bertz CT molecular complexity index is 598. The van der Waals surface area contributed by atoms with Gasteiger partial charge in [-0.2, -0.15) is 0 Å². The fourth-order valence-electron chi connectivity index (χ4n) is 2.40. The van der Waals surface area contributed by atoms with Crippen LogP contribution < -0.4 is 10.5 Å². The largest absolute Gasteiger partial charge is 0.497 e. The summed E-state index contributed by atoms with van der Waals surface area (Å²) in [6, 6.07) is 8.05. The molecule has 5 heteroatoms. The van der Waals surface area contributed by atoms with E-state index in [4.69, 9.17) is 14.9 Å². The van der Waals surface area contributed by atoms with Gasteiger partial charge in [-0.3, -0.25) is 4.90 Å². The SMILES string of the molecule is COc1ccc(Br)c(C(CN)N(C)Cc2ccoc2C)c1. The van der Waals surface area contributed by atoms with Crippen molar-refractivity contribution < 1.29 is 9.15 Å². The zero-order valence-corrected chi connectivity index (χ0v) is 14.2. The molecule has 0 radical (unpaired) electrons. The van der Waals surface area contributed by atoms with Crippen molar-refractivity contribution in [2.75, 3.05) is 20.7 Å². The van der Waals surface area contributed by atoms with Gasteiger partial charge >= 0.3 is 0 Å². The number of benzene rings is 1. The lowest BCUT2D eigenvalue weighted by Gasteiger charge is -2.28. The lowest BCUT2D eigenvalue weighted by atomic mass is 10.0. The number of hydrogen-bond donors (Lipinski definition) is 1. The van der Waals surface area contributed by atoms with Gasteiger partial charge in [-0.15, -0.1) is 0 Å². The number of aryl methyl sites for hydroxylation is 1. The number of rotatable bonds is 6. The Kier molecular flexibility index (Phi) is 5.45. The third kappa shape index (κ3) is 3.67. The van der Waals surface area contributed by atoms with Crippen LogP contribution >= 0.6 is 15.9 Å². The molecule has 4 nitrogen and oxygen atoms in total. The van der Waals surface area contributed by atoms with Gasteiger partial charge < -0.3 is 14.9 Å². The van der Waals surface area contributed by atoms with Crippen molar-refractivity contribution in [3.8, 4) is 5.75 Å². The summed E-state index contributed by atoms with van der Waals surface area (Å²) >= 11 is 3.61. The van der Waals surface area contributed by atoms with E-state index >= 15 is 0 Å². The smallest absolute Gasteiger partial charge is 0.119 e. The molecule has 0 aliphatic rings. The molecule has 2 aromatic rings. The zero-order chi connectivity index (χ0) is 15.4. The average Bonchev–Trinajstić information content (AvgIpc) is 2.87. The molecule has 114 valence electrons. The standard InChI is InChI=1S/C16H21BrN2O2/c1-11-12(6-7-21-11)10-19(2)16(9-18)14-8-13(20-3)4-5-15(14)17/h4-8,16H,9-10,18H2,1-3H3. The first kappa shape index (κ1) is 16.1. The van der Waals surface area contributed by atoms with Gasteiger partial charge in [0.15, 0.2) is 0 Å². The molecule has 1 aromatic heterocycles. The molecule has 0 saturated heterocycles. The summed E-state index contributed by atoms with van der Waals surface area (Å²) in [6.45, 7) is 3.29.